The zero-order valence-electron chi connectivity index (χ0n) is 13.2. The number of halogens is 1. The highest BCUT2D eigenvalue weighted by Gasteiger charge is 2.18. The molecule has 0 N–H and O–H groups in total. The first-order valence-corrected chi connectivity index (χ1v) is 6.80. The molecule has 0 atom stereocenters. The summed E-state index contributed by atoms with van der Waals surface area (Å²) in [4.78, 5) is 11.7. The first-order chi connectivity index (χ1) is 9.31. The quantitative estimate of drug-likeness (QED) is 0.787. The van der Waals surface area contributed by atoms with E-state index in [2.05, 4.69) is 0 Å². The van der Waals surface area contributed by atoms with Crippen LogP contribution in [0.1, 0.15) is 45.7 Å². The number of methoxy groups -OCH3 is 1. The number of benzene rings is 1. The van der Waals surface area contributed by atoms with Gasteiger partial charge in [-0.2, -0.15) is 0 Å². The normalized spacial score (nSPS) is 10.6. The Morgan fingerprint density at radius 1 is 1.20 bits per heavy atom. The highest BCUT2D eigenvalue weighted by Crippen LogP contribution is 2.16. The molecule has 1 rings (SSSR count). The summed E-state index contributed by atoms with van der Waals surface area (Å²) in [6.07, 6.45) is 0.0493. The van der Waals surface area contributed by atoms with Crippen molar-refractivity contribution in [3.8, 4) is 0 Å². The summed E-state index contributed by atoms with van der Waals surface area (Å²) in [6, 6.07) is 4.32. The topological polar surface area (TPSA) is 35.5 Å². The highest BCUT2D eigenvalue weighted by molar-refractivity contribution is 5.73. The van der Waals surface area contributed by atoms with E-state index >= 15 is 0 Å². The van der Waals surface area contributed by atoms with Crippen molar-refractivity contribution in [3.05, 3.63) is 35.1 Å². The van der Waals surface area contributed by atoms with Crippen LogP contribution in [0.3, 0.4) is 0 Å². The zero-order chi connectivity index (χ0) is 15.8. The molecule has 0 aliphatic heterocycles. The van der Waals surface area contributed by atoms with Crippen molar-refractivity contribution >= 4 is 5.97 Å². The number of ether oxygens (including phenoxy) is 2. The third-order valence-electron chi connectivity index (χ3n) is 2.22. The van der Waals surface area contributed by atoms with Gasteiger partial charge in [0, 0.05) is 7.11 Å². The predicted octanol–water partition coefficient (Wildman–Crippen LogP) is 3.88. The lowest BCUT2D eigenvalue weighted by Crippen LogP contribution is -2.25. The molecular formula is C16H25FO3. The second-order valence-electron chi connectivity index (χ2n) is 5.11. The van der Waals surface area contributed by atoms with Crippen LogP contribution in [0.5, 0.6) is 0 Å². The molecule has 0 bridgehead atoms. The summed E-state index contributed by atoms with van der Waals surface area (Å²) in [7, 11) is 1.56. The van der Waals surface area contributed by atoms with Crippen LogP contribution in [0.2, 0.25) is 0 Å². The molecule has 0 unspecified atom stereocenters. The number of carbonyl (C=O) groups excluding carboxylic acids is 1. The van der Waals surface area contributed by atoms with Crippen molar-refractivity contribution in [2.24, 2.45) is 0 Å². The van der Waals surface area contributed by atoms with Crippen LogP contribution in [0.25, 0.3) is 0 Å². The fourth-order valence-electron chi connectivity index (χ4n) is 1.59. The molecule has 1 aromatic rings. The van der Waals surface area contributed by atoms with Crippen molar-refractivity contribution in [2.75, 3.05) is 7.11 Å². The van der Waals surface area contributed by atoms with Crippen molar-refractivity contribution in [3.63, 3.8) is 0 Å². The summed E-state index contributed by atoms with van der Waals surface area (Å²) < 4.78 is 23.4. The molecular weight excluding hydrogens is 259 g/mol. The van der Waals surface area contributed by atoms with Crippen LogP contribution >= 0.6 is 0 Å². The second kappa shape index (κ2) is 8.69. The third-order valence-corrected chi connectivity index (χ3v) is 2.22. The van der Waals surface area contributed by atoms with Crippen LogP contribution in [0.4, 0.5) is 4.39 Å². The molecule has 0 saturated heterocycles. The zero-order valence-corrected chi connectivity index (χ0v) is 13.2. The summed E-state index contributed by atoms with van der Waals surface area (Å²) >= 11 is 0. The molecule has 3 nitrogen and oxygen atoms in total. The van der Waals surface area contributed by atoms with Gasteiger partial charge >= 0.3 is 5.97 Å². The maximum atomic E-state index is 13.2. The largest absolute Gasteiger partial charge is 0.460 e. The van der Waals surface area contributed by atoms with Crippen LogP contribution in [-0.2, 0) is 27.3 Å². The Morgan fingerprint density at radius 3 is 2.30 bits per heavy atom. The van der Waals surface area contributed by atoms with Gasteiger partial charge in [0.15, 0.2) is 0 Å². The first kappa shape index (κ1) is 18.6. The molecule has 0 amide bonds. The van der Waals surface area contributed by atoms with Gasteiger partial charge < -0.3 is 9.47 Å². The van der Waals surface area contributed by atoms with Gasteiger partial charge in [-0.3, -0.25) is 4.79 Å². The Balaban J connectivity index is 0.00000172. The molecule has 20 heavy (non-hydrogen) atoms. The van der Waals surface area contributed by atoms with Crippen LogP contribution in [0.15, 0.2) is 18.2 Å². The van der Waals surface area contributed by atoms with Crippen molar-refractivity contribution in [1.29, 1.82) is 0 Å². The van der Waals surface area contributed by atoms with Gasteiger partial charge in [-0.05, 0) is 44.0 Å². The van der Waals surface area contributed by atoms with Crippen LogP contribution in [0, 0.1) is 5.82 Å². The molecule has 0 aromatic heterocycles. The standard InChI is InChI=1S/C14H19FO3.C2H6/c1-14(2,3)18-13(16)8-11-7-12(15)6-5-10(11)9-17-4;1-2/h5-7H,8-9H2,1-4H3;1-2H3. The summed E-state index contributed by atoms with van der Waals surface area (Å²) in [5.74, 6) is -0.737. The van der Waals surface area contributed by atoms with Gasteiger partial charge in [0.05, 0.1) is 13.0 Å². The Labute approximate surface area is 121 Å². The first-order valence-electron chi connectivity index (χ1n) is 6.80. The summed E-state index contributed by atoms with van der Waals surface area (Å²) in [5.41, 5.74) is 0.863. The Morgan fingerprint density at radius 2 is 1.80 bits per heavy atom. The lowest BCUT2D eigenvalue weighted by molar-refractivity contribution is -0.153. The number of carbonyl (C=O) groups is 1. The third kappa shape index (κ3) is 7.24. The van der Waals surface area contributed by atoms with E-state index in [1.165, 1.54) is 12.1 Å². The van der Waals surface area contributed by atoms with E-state index in [9.17, 15) is 9.18 Å². The van der Waals surface area contributed by atoms with E-state index in [4.69, 9.17) is 9.47 Å². The van der Waals surface area contributed by atoms with Crippen molar-refractivity contribution in [2.45, 2.75) is 53.2 Å². The maximum absolute atomic E-state index is 13.2. The number of hydrogen-bond acceptors (Lipinski definition) is 3. The molecule has 0 spiro atoms. The predicted molar refractivity (Wildman–Crippen MR) is 78.0 cm³/mol. The van der Waals surface area contributed by atoms with Gasteiger partial charge in [-0.1, -0.05) is 19.9 Å². The molecule has 0 aliphatic rings. The number of hydrogen-bond donors (Lipinski definition) is 0. The smallest absolute Gasteiger partial charge is 0.310 e. The number of esters is 1. The Kier molecular flexibility index (Phi) is 8.07. The average molecular weight is 284 g/mol. The minimum absolute atomic E-state index is 0.0493. The van der Waals surface area contributed by atoms with Gasteiger partial charge in [0.25, 0.3) is 0 Å². The van der Waals surface area contributed by atoms with E-state index in [0.29, 0.717) is 12.2 Å². The molecule has 1 aromatic carbocycles. The Hall–Kier alpha value is -1.42. The lowest BCUT2D eigenvalue weighted by Gasteiger charge is -2.20. The minimum Gasteiger partial charge on any atom is -0.460 e. The fourth-order valence-corrected chi connectivity index (χ4v) is 1.59. The van der Waals surface area contributed by atoms with Gasteiger partial charge in [-0.25, -0.2) is 4.39 Å². The molecule has 0 radical (unpaired) electrons. The molecule has 4 heteroatoms. The highest BCUT2D eigenvalue weighted by atomic mass is 19.1. The molecule has 0 heterocycles. The van der Waals surface area contributed by atoms with E-state index in [0.717, 1.165) is 5.56 Å². The van der Waals surface area contributed by atoms with Gasteiger partial charge in [0.1, 0.15) is 11.4 Å². The van der Waals surface area contributed by atoms with Crippen LogP contribution in [-0.4, -0.2) is 18.7 Å². The maximum Gasteiger partial charge on any atom is 0.310 e. The summed E-state index contributed by atoms with van der Waals surface area (Å²) in [6.45, 7) is 9.74. The average Bonchev–Trinajstić information content (AvgIpc) is 2.33. The van der Waals surface area contributed by atoms with E-state index in [-0.39, 0.29) is 18.2 Å². The number of rotatable bonds is 4. The second-order valence-corrected chi connectivity index (χ2v) is 5.11. The lowest BCUT2D eigenvalue weighted by atomic mass is 10.0. The van der Waals surface area contributed by atoms with Gasteiger partial charge in [-0.15, -0.1) is 0 Å². The molecule has 0 saturated carbocycles. The van der Waals surface area contributed by atoms with Crippen molar-refractivity contribution < 1.29 is 18.7 Å². The minimum atomic E-state index is -0.536. The van der Waals surface area contributed by atoms with Crippen LogP contribution < -0.4 is 0 Å². The molecule has 0 aliphatic carbocycles. The van der Waals surface area contributed by atoms with E-state index in [1.54, 1.807) is 33.9 Å². The monoisotopic (exact) mass is 284 g/mol. The fraction of sp³-hybridized carbons (Fsp3) is 0.562. The van der Waals surface area contributed by atoms with Crippen molar-refractivity contribution in [1.82, 2.24) is 0 Å². The van der Waals surface area contributed by atoms with Gasteiger partial charge in [0.2, 0.25) is 0 Å². The molecule has 114 valence electrons. The Bertz CT molecular complexity index is 422. The summed E-state index contributed by atoms with van der Waals surface area (Å²) in [5, 5.41) is 0. The van der Waals surface area contributed by atoms with E-state index in [1.807, 2.05) is 13.8 Å². The molecule has 0 fully saturated rings. The van der Waals surface area contributed by atoms with E-state index < -0.39 is 5.60 Å². The SMILES string of the molecule is CC.COCc1ccc(F)cc1CC(=O)OC(C)(C)C.